The lowest BCUT2D eigenvalue weighted by atomic mass is 10.0. The van der Waals surface area contributed by atoms with Crippen LogP contribution in [-0.2, 0) is 19.3 Å². The Balaban J connectivity index is 2.00. The molecule has 1 unspecified atom stereocenters. The third kappa shape index (κ3) is 6.67. The largest absolute Gasteiger partial charge is 0.465 e. The minimum Gasteiger partial charge on any atom is -0.465 e. The van der Waals surface area contributed by atoms with Crippen LogP contribution in [-0.4, -0.2) is 31.8 Å². The van der Waals surface area contributed by atoms with Crippen molar-refractivity contribution in [2.45, 2.75) is 45.6 Å². The van der Waals surface area contributed by atoms with Crippen LogP contribution in [0.5, 0.6) is 0 Å². The summed E-state index contributed by atoms with van der Waals surface area (Å²) in [6.45, 7) is 2.21. The number of hydrogen-bond donors (Lipinski definition) is 1. The van der Waals surface area contributed by atoms with Crippen molar-refractivity contribution in [1.29, 1.82) is 0 Å². The maximum atomic E-state index is 14.9. The Kier molecular flexibility index (Phi) is 9.44. The van der Waals surface area contributed by atoms with Gasteiger partial charge in [0.2, 0.25) is 0 Å². The van der Waals surface area contributed by atoms with Crippen LogP contribution in [0.25, 0.3) is 11.1 Å². The van der Waals surface area contributed by atoms with Gasteiger partial charge in [-0.1, -0.05) is 73.1 Å². The van der Waals surface area contributed by atoms with Crippen molar-refractivity contribution in [2.24, 2.45) is 0 Å². The van der Waals surface area contributed by atoms with Gasteiger partial charge in [0, 0.05) is 23.9 Å². The van der Waals surface area contributed by atoms with Crippen molar-refractivity contribution >= 4 is 17.7 Å². The zero-order valence-corrected chi connectivity index (χ0v) is 24.0. The summed E-state index contributed by atoms with van der Waals surface area (Å²) in [5, 5.41) is 10.2. The van der Waals surface area contributed by atoms with Crippen molar-refractivity contribution < 1.29 is 27.5 Å². The summed E-state index contributed by atoms with van der Waals surface area (Å²) >= 11 is 6.52. The molecule has 1 heterocycles. The zero-order chi connectivity index (χ0) is 31.5. The van der Waals surface area contributed by atoms with E-state index in [9.17, 15) is 37.1 Å². The predicted molar refractivity (Wildman–Crippen MR) is 155 cm³/mol. The average molecular weight is 618 g/mol. The molecule has 4 rings (SSSR count). The smallest absolute Gasteiger partial charge is 0.416 e. The summed E-state index contributed by atoms with van der Waals surface area (Å²) < 4.78 is 57.9. The quantitative estimate of drug-likeness (QED) is 0.206. The molecule has 1 atom stereocenters. The van der Waals surface area contributed by atoms with Gasteiger partial charge in [0.15, 0.2) is 0 Å². The Morgan fingerprint density at radius 2 is 1.67 bits per heavy atom. The van der Waals surface area contributed by atoms with Crippen molar-refractivity contribution in [3.8, 4) is 11.1 Å². The van der Waals surface area contributed by atoms with Gasteiger partial charge in [-0.2, -0.15) is 13.2 Å². The van der Waals surface area contributed by atoms with E-state index in [1.807, 2.05) is 0 Å². The van der Waals surface area contributed by atoms with Gasteiger partial charge < -0.3 is 5.11 Å². The molecule has 4 aromatic rings. The van der Waals surface area contributed by atoms with Gasteiger partial charge in [-0.3, -0.25) is 18.8 Å². The molecule has 0 saturated carbocycles. The third-order valence-electron chi connectivity index (χ3n) is 7.10. The predicted octanol–water partition coefficient (Wildman–Crippen LogP) is 6.98. The number of halogens is 5. The van der Waals surface area contributed by atoms with E-state index in [2.05, 4.69) is 0 Å². The van der Waals surface area contributed by atoms with Crippen LogP contribution in [0.2, 0.25) is 5.02 Å². The van der Waals surface area contributed by atoms with Crippen molar-refractivity contribution in [1.82, 2.24) is 14.0 Å². The highest BCUT2D eigenvalue weighted by atomic mass is 35.5. The van der Waals surface area contributed by atoms with Gasteiger partial charge in [-0.15, -0.1) is 0 Å². The van der Waals surface area contributed by atoms with Gasteiger partial charge in [-0.05, 0) is 36.6 Å². The highest BCUT2D eigenvalue weighted by Gasteiger charge is 2.35. The summed E-state index contributed by atoms with van der Waals surface area (Å²) in [4.78, 5) is 41.2. The lowest BCUT2D eigenvalue weighted by Gasteiger charge is -2.30. The Hall–Kier alpha value is -4.38. The van der Waals surface area contributed by atoms with E-state index < -0.39 is 59.6 Å². The van der Waals surface area contributed by atoms with E-state index in [0.717, 1.165) is 32.4 Å². The fourth-order valence-corrected chi connectivity index (χ4v) is 5.21. The number of alkyl halides is 3. The van der Waals surface area contributed by atoms with E-state index in [1.165, 1.54) is 6.07 Å². The zero-order valence-electron chi connectivity index (χ0n) is 23.2. The molecule has 226 valence electrons. The van der Waals surface area contributed by atoms with Crippen LogP contribution < -0.4 is 11.2 Å². The van der Waals surface area contributed by atoms with E-state index >= 15 is 0 Å². The van der Waals surface area contributed by atoms with Gasteiger partial charge in [0.1, 0.15) is 5.82 Å². The number of rotatable bonds is 9. The number of carbonyl (C=O) groups is 1. The average Bonchev–Trinajstić information content (AvgIpc) is 2.96. The first kappa shape index (κ1) is 31.6. The molecule has 1 aromatic heterocycles. The van der Waals surface area contributed by atoms with E-state index in [-0.39, 0.29) is 22.7 Å². The second-order valence-electron chi connectivity index (χ2n) is 9.97. The molecule has 0 bridgehead atoms. The topological polar surface area (TPSA) is 84.5 Å². The molecule has 0 saturated heterocycles. The third-order valence-corrected chi connectivity index (χ3v) is 7.60. The maximum Gasteiger partial charge on any atom is 0.416 e. The summed E-state index contributed by atoms with van der Waals surface area (Å²) in [6.07, 6.45) is -4.71. The second-order valence-corrected chi connectivity index (χ2v) is 10.3. The number of amides is 1. The lowest BCUT2D eigenvalue weighted by molar-refractivity contribution is -0.138. The van der Waals surface area contributed by atoms with Gasteiger partial charge >= 0.3 is 18.0 Å². The number of carboxylic acid groups (broad SMARTS) is 1. The molecule has 0 aliphatic carbocycles. The molecule has 1 N–H and O–H groups in total. The minimum absolute atomic E-state index is 0.0748. The van der Waals surface area contributed by atoms with Crippen molar-refractivity contribution in [2.75, 3.05) is 6.54 Å². The fourth-order valence-electron chi connectivity index (χ4n) is 4.98. The molecule has 3 aromatic carbocycles. The van der Waals surface area contributed by atoms with Crippen LogP contribution in [0.15, 0.2) is 82.5 Å². The molecule has 0 radical (unpaired) electrons. The monoisotopic (exact) mass is 617 g/mol. The first-order valence-electron chi connectivity index (χ1n) is 13.3. The van der Waals surface area contributed by atoms with Gasteiger partial charge in [0.25, 0.3) is 5.56 Å². The van der Waals surface area contributed by atoms with Crippen LogP contribution in [0.4, 0.5) is 22.4 Å². The Labute approximate surface area is 249 Å². The Morgan fingerprint density at radius 3 is 2.30 bits per heavy atom. The highest BCUT2D eigenvalue weighted by Crippen LogP contribution is 2.34. The molecule has 43 heavy (non-hydrogen) atoms. The standard InChI is InChI=1S/C31H28ClF4N3O4/c1-3-15-38(30(42)43)26(20-10-5-4-6-11-20)18-39-28(40)22(21-12-7-9-19(2)27(21)32)16-37(29(39)41)17-23-24(31(34,35)36)13-8-14-25(23)33/h4-14,16,26H,3,15,17-18H2,1-2H3,(H,42,43). The van der Waals surface area contributed by atoms with E-state index in [4.69, 9.17) is 11.6 Å². The van der Waals surface area contributed by atoms with Gasteiger partial charge in [-0.25, -0.2) is 14.0 Å². The number of hydrogen-bond acceptors (Lipinski definition) is 3. The highest BCUT2D eigenvalue weighted by molar-refractivity contribution is 6.34. The molecule has 0 aliphatic heterocycles. The number of benzene rings is 3. The lowest BCUT2D eigenvalue weighted by Crippen LogP contribution is -2.45. The fraction of sp³-hybridized carbons (Fsp3) is 0.258. The maximum absolute atomic E-state index is 14.9. The molecule has 0 spiro atoms. The number of nitrogens with zero attached hydrogens (tertiary/aromatic N) is 3. The second kappa shape index (κ2) is 12.9. The molecule has 0 aliphatic rings. The molecule has 12 heteroatoms. The summed E-state index contributed by atoms with van der Waals surface area (Å²) in [7, 11) is 0. The first-order chi connectivity index (χ1) is 20.3. The molecule has 7 nitrogen and oxygen atoms in total. The van der Waals surface area contributed by atoms with Crippen molar-refractivity contribution in [3.63, 3.8) is 0 Å². The van der Waals surface area contributed by atoms with Gasteiger partial charge in [0.05, 0.1) is 35.3 Å². The number of aromatic nitrogens is 2. The van der Waals surface area contributed by atoms with Crippen LogP contribution in [0.1, 0.15) is 41.6 Å². The summed E-state index contributed by atoms with van der Waals surface area (Å²) in [5.41, 5.74) is -2.77. The van der Waals surface area contributed by atoms with E-state index in [0.29, 0.717) is 23.6 Å². The van der Waals surface area contributed by atoms with Crippen molar-refractivity contribution in [3.05, 3.63) is 127 Å². The molecule has 0 fully saturated rings. The summed E-state index contributed by atoms with van der Waals surface area (Å²) in [6, 6.07) is 14.7. The molecular weight excluding hydrogens is 590 g/mol. The molecular formula is C31H28ClF4N3O4. The normalized spacial score (nSPS) is 12.3. The number of aryl methyl sites for hydroxylation is 1. The Morgan fingerprint density at radius 1 is 1.00 bits per heavy atom. The SMILES string of the molecule is CCCN(C(=O)O)C(Cn1c(=O)c(-c2cccc(C)c2Cl)cn(Cc2c(F)cccc2C(F)(F)F)c1=O)c1ccccc1. The molecule has 1 amide bonds. The summed E-state index contributed by atoms with van der Waals surface area (Å²) in [5.74, 6) is -1.18. The van der Waals surface area contributed by atoms with E-state index in [1.54, 1.807) is 56.3 Å². The van der Waals surface area contributed by atoms with Crippen LogP contribution in [0, 0.1) is 12.7 Å². The Bertz CT molecular complexity index is 1750. The van der Waals surface area contributed by atoms with Crippen LogP contribution in [0.3, 0.4) is 0 Å². The minimum atomic E-state index is -4.92. The van der Waals surface area contributed by atoms with Crippen LogP contribution >= 0.6 is 11.6 Å². The first-order valence-corrected chi connectivity index (χ1v) is 13.7.